The molecular formula is C21H32N4O. The van der Waals surface area contributed by atoms with E-state index in [2.05, 4.69) is 42.5 Å². The molecule has 1 aromatic heterocycles. The number of furan rings is 1. The fourth-order valence-corrected chi connectivity index (χ4v) is 3.61. The highest BCUT2D eigenvalue weighted by Gasteiger charge is 2.16. The Morgan fingerprint density at radius 2 is 2.00 bits per heavy atom. The summed E-state index contributed by atoms with van der Waals surface area (Å²) >= 11 is 0. The highest BCUT2D eigenvalue weighted by atomic mass is 16.3. The van der Waals surface area contributed by atoms with Crippen LogP contribution in [0.4, 0.5) is 0 Å². The number of aryl methyl sites for hydroxylation is 1. The third-order valence-corrected chi connectivity index (χ3v) is 5.35. The average Bonchev–Trinajstić information content (AvgIpc) is 2.97. The van der Waals surface area contributed by atoms with Crippen LogP contribution < -0.4 is 10.6 Å². The molecule has 142 valence electrons. The summed E-state index contributed by atoms with van der Waals surface area (Å²) in [6.45, 7) is 9.05. The molecular weight excluding hydrogens is 324 g/mol. The van der Waals surface area contributed by atoms with Gasteiger partial charge >= 0.3 is 0 Å². The molecule has 5 heteroatoms. The SMILES string of the molecule is CCNC(=NCc1oc2ccccc2c1C)NCCC1CCN(C)CC1. The summed E-state index contributed by atoms with van der Waals surface area (Å²) in [5.41, 5.74) is 2.13. The predicted molar refractivity (Wildman–Crippen MR) is 109 cm³/mol. The molecule has 2 aromatic rings. The molecule has 2 heterocycles. The Morgan fingerprint density at radius 3 is 2.73 bits per heavy atom. The van der Waals surface area contributed by atoms with Crippen molar-refractivity contribution in [2.24, 2.45) is 10.9 Å². The number of hydrogen-bond donors (Lipinski definition) is 2. The van der Waals surface area contributed by atoms with Crippen LogP contribution in [0.25, 0.3) is 11.0 Å². The topological polar surface area (TPSA) is 52.8 Å². The Hall–Kier alpha value is -2.01. The van der Waals surface area contributed by atoms with Crippen molar-refractivity contribution < 1.29 is 4.42 Å². The zero-order valence-corrected chi connectivity index (χ0v) is 16.3. The quantitative estimate of drug-likeness (QED) is 0.614. The summed E-state index contributed by atoms with van der Waals surface area (Å²) < 4.78 is 5.97. The van der Waals surface area contributed by atoms with Crippen LogP contribution in [0.1, 0.15) is 37.5 Å². The monoisotopic (exact) mass is 356 g/mol. The maximum absolute atomic E-state index is 5.97. The fraction of sp³-hybridized carbons (Fsp3) is 0.571. The van der Waals surface area contributed by atoms with E-state index >= 15 is 0 Å². The van der Waals surface area contributed by atoms with Crippen LogP contribution in [0.3, 0.4) is 0 Å². The van der Waals surface area contributed by atoms with Gasteiger partial charge in [-0.2, -0.15) is 0 Å². The van der Waals surface area contributed by atoms with Crippen LogP contribution in [0.15, 0.2) is 33.7 Å². The molecule has 1 aliphatic rings. The van der Waals surface area contributed by atoms with E-state index in [1.165, 1.54) is 43.3 Å². The van der Waals surface area contributed by atoms with Gasteiger partial charge in [-0.05, 0) is 65.2 Å². The third kappa shape index (κ3) is 4.79. The molecule has 26 heavy (non-hydrogen) atoms. The first-order valence-electron chi connectivity index (χ1n) is 9.85. The lowest BCUT2D eigenvalue weighted by Crippen LogP contribution is -2.39. The highest BCUT2D eigenvalue weighted by Crippen LogP contribution is 2.25. The summed E-state index contributed by atoms with van der Waals surface area (Å²) in [6, 6.07) is 8.17. The van der Waals surface area contributed by atoms with Gasteiger partial charge < -0.3 is 20.0 Å². The van der Waals surface area contributed by atoms with Crippen molar-refractivity contribution in [3.63, 3.8) is 0 Å². The maximum Gasteiger partial charge on any atom is 0.191 e. The Kier molecular flexibility index (Phi) is 6.56. The van der Waals surface area contributed by atoms with Gasteiger partial charge in [-0.25, -0.2) is 4.99 Å². The second-order valence-corrected chi connectivity index (χ2v) is 7.30. The molecule has 0 aliphatic carbocycles. The van der Waals surface area contributed by atoms with Crippen molar-refractivity contribution in [1.29, 1.82) is 0 Å². The zero-order chi connectivity index (χ0) is 18.4. The number of fused-ring (bicyclic) bond motifs is 1. The van der Waals surface area contributed by atoms with Gasteiger partial charge in [0.15, 0.2) is 5.96 Å². The first-order chi connectivity index (χ1) is 12.7. The number of nitrogens with one attached hydrogen (secondary N) is 2. The van der Waals surface area contributed by atoms with Crippen LogP contribution >= 0.6 is 0 Å². The van der Waals surface area contributed by atoms with E-state index in [1.807, 2.05) is 18.2 Å². The van der Waals surface area contributed by atoms with E-state index in [9.17, 15) is 0 Å². The molecule has 1 fully saturated rings. The van der Waals surface area contributed by atoms with E-state index in [0.29, 0.717) is 6.54 Å². The van der Waals surface area contributed by atoms with Crippen LogP contribution in [0, 0.1) is 12.8 Å². The van der Waals surface area contributed by atoms with Gasteiger partial charge in [0.2, 0.25) is 0 Å². The minimum absolute atomic E-state index is 0.560. The van der Waals surface area contributed by atoms with Crippen molar-refractivity contribution in [2.45, 2.75) is 39.7 Å². The molecule has 2 N–H and O–H groups in total. The minimum Gasteiger partial charge on any atom is -0.459 e. The maximum atomic E-state index is 5.97. The first kappa shape index (κ1) is 18.8. The van der Waals surface area contributed by atoms with Crippen molar-refractivity contribution in [1.82, 2.24) is 15.5 Å². The summed E-state index contributed by atoms with van der Waals surface area (Å²) in [4.78, 5) is 7.15. The lowest BCUT2D eigenvalue weighted by molar-refractivity contribution is 0.213. The van der Waals surface area contributed by atoms with Crippen molar-refractivity contribution >= 4 is 16.9 Å². The molecule has 0 unspecified atom stereocenters. The lowest BCUT2D eigenvalue weighted by atomic mass is 9.94. The molecule has 3 rings (SSSR count). The number of para-hydroxylation sites is 1. The van der Waals surface area contributed by atoms with E-state index < -0.39 is 0 Å². The Bertz CT molecular complexity index is 729. The standard InChI is InChI=1S/C21H32N4O/c1-4-22-21(23-12-9-17-10-13-25(3)14-11-17)24-15-20-16(2)18-7-5-6-8-19(18)26-20/h5-8,17H,4,9-15H2,1-3H3,(H2,22,23,24). The first-order valence-corrected chi connectivity index (χ1v) is 9.85. The molecule has 0 atom stereocenters. The number of piperidine rings is 1. The van der Waals surface area contributed by atoms with Crippen LogP contribution in [0.5, 0.6) is 0 Å². The van der Waals surface area contributed by atoms with E-state index in [0.717, 1.165) is 36.3 Å². The number of likely N-dealkylation sites (tertiary alicyclic amines) is 1. The molecule has 0 spiro atoms. The van der Waals surface area contributed by atoms with Gasteiger partial charge in [0.25, 0.3) is 0 Å². The summed E-state index contributed by atoms with van der Waals surface area (Å²) in [5, 5.41) is 8.00. The Morgan fingerprint density at radius 1 is 1.23 bits per heavy atom. The van der Waals surface area contributed by atoms with Crippen LogP contribution in [0.2, 0.25) is 0 Å². The number of guanidine groups is 1. The molecule has 1 aliphatic heterocycles. The van der Waals surface area contributed by atoms with E-state index in [-0.39, 0.29) is 0 Å². The van der Waals surface area contributed by atoms with Gasteiger partial charge in [-0.15, -0.1) is 0 Å². The normalized spacial score (nSPS) is 17.0. The van der Waals surface area contributed by atoms with Crippen molar-refractivity contribution in [3.8, 4) is 0 Å². The van der Waals surface area contributed by atoms with Crippen LogP contribution in [-0.4, -0.2) is 44.1 Å². The number of nitrogens with zero attached hydrogens (tertiary/aromatic N) is 2. The van der Waals surface area contributed by atoms with Crippen LogP contribution in [-0.2, 0) is 6.54 Å². The molecule has 1 saturated heterocycles. The molecule has 5 nitrogen and oxygen atoms in total. The minimum atomic E-state index is 0.560. The van der Waals surface area contributed by atoms with Crippen molar-refractivity contribution in [3.05, 3.63) is 35.6 Å². The Balaban J connectivity index is 1.55. The number of hydrogen-bond acceptors (Lipinski definition) is 3. The van der Waals surface area contributed by atoms with Gasteiger partial charge in [-0.1, -0.05) is 18.2 Å². The number of aliphatic imine (C=N–C) groups is 1. The van der Waals surface area contributed by atoms with E-state index in [4.69, 9.17) is 9.41 Å². The third-order valence-electron chi connectivity index (χ3n) is 5.35. The lowest BCUT2D eigenvalue weighted by Gasteiger charge is -2.29. The molecule has 0 saturated carbocycles. The number of rotatable bonds is 6. The average molecular weight is 357 g/mol. The fourth-order valence-electron chi connectivity index (χ4n) is 3.61. The van der Waals surface area contributed by atoms with Gasteiger partial charge in [-0.3, -0.25) is 0 Å². The zero-order valence-electron chi connectivity index (χ0n) is 16.3. The smallest absolute Gasteiger partial charge is 0.191 e. The predicted octanol–water partition coefficient (Wildman–Crippen LogP) is 3.53. The van der Waals surface area contributed by atoms with Gasteiger partial charge in [0.05, 0.1) is 0 Å². The van der Waals surface area contributed by atoms with Crippen molar-refractivity contribution in [2.75, 3.05) is 33.2 Å². The molecule has 0 radical (unpaired) electrons. The highest BCUT2D eigenvalue weighted by molar-refractivity contribution is 5.82. The van der Waals surface area contributed by atoms with Gasteiger partial charge in [0.1, 0.15) is 17.9 Å². The molecule has 0 amide bonds. The Labute approximate surface area is 156 Å². The summed E-state index contributed by atoms with van der Waals surface area (Å²) in [7, 11) is 2.21. The summed E-state index contributed by atoms with van der Waals surface area (Å²) in [6.07, 6.45) is 3.83. The second kappa shape index (κ2) is 9.08. The van der Waals surface area contributed by atoms with Gasteiger partial charge in [0, 0.05) is 24.0 Å². The van der Waals surface area contributed by atoms with E-state index in [1.54, 1.807) is 0 Å². The summed E-state index contributed by atoms with van der Waals surface area (Å²) in [5.74, 6) is 2.65. The number of benzene rings is 1. The molecule has 1 aromatic carbocycles. The molecule has 0 bridgehead atoms. The largest absolute Gasteiger partial charge is 0.459 e. The second-order valence-electron chi connectivity index (χ2n) is 7.30.